The molecule has 7 nitrogen and oxygen atoms in total. The van der Waals surface area contributed by atoms with Gasteiger partial charge in [-0.1, -0.05) is 24.3 Å². The molecule has 2 saturated heterocycles. The van der Waals surface area contributed by atoms with Crippen LogP contribution < -0.4 is 5.32 Å². The molecule has 6 rings (SSSR count). The molecule has 0 spiro atoms. The van der Waals surface area contributed by atoms with Gasteiger partial charge in [-0.05, 0) is 79.1 Å². The highest BCUT2D eigenvalue weighted by Crippen LogP contribution is 2.31. The highest BCUT2D eigenvalue weighted by atomic mass is 32.1. The number of likely N-dealkylation sites (N-methyl/N-ethyl adjacent to an activating group) is 1. The third kappa shape index (κ3) is 5.33. The van der Waals surface area contributed by atoms with Gasteiger partial charge in [0.05, 0.1) is 11.2 Å². The van der Waals surface area contributed by atoms with Crippen molar-refractivity contribution in [1.82, 2.24) is 24.9 Å². The molecule has 2 aliphatic rings. The maximum Gasteiger partial charge on any atom is 0.246 e. The molecule has 2 N–H and O–H groups in total. The lowest BCUT2D eigenvalue weighted by molar-refractivity contribution is -0.121. The standard InChI is InChI=1S/C29H34N6OS/c1-33-13-15-34(16-14-33)19-21-4-6-22(7-5-21)27-25-18-24(8-9-26(25)31-32-27)30-29(36)28(23-10-17-37-20-23)35-11-2-3-12-35/h4-10,17-18,20,28H,2-3,11-16,19H2,1H3,(H,30,36)(H,31,32). The van der Waals surface area contributed by atoms with Crippen molar-refractivity contribution in [3.05, 3.63) is 70.4 Å². The number of aromatic amines is 1. The average molecular weight is 515 g/mol. The number of piperazine rings is 1. The molecule has 1 atom stereocenters. The van der Waals surface area contributed by atoms with E-state index in [0.29, 0.717) is 0 Å². The molecule has 8 heteroatoms. The molecule has 4 heterocycles. The molecule has 1 unspecified atom stereocenters. The molecule has 0 saturated carbocycles. The van der Waals surface area contributed by atoms with Crippen LogP contribution in [-0.2, 0) is 11.3 Å². The van der Waals surface area contributed by atoms with Crippen molar-refractivity contribution in [2.75, 3.05) is 51.6 Å². The quantitative estimate of drug-likeness (QED) is 0.370. The molecule has 37 heavy (non-hydrogen) atoms. The molecular weight excluding hydrogens is 480 g/mol. The topological polar surface area (TPSA) is 67.5 Å². The van der Waals surface area contributed by atoms with E-state index in [1.54, 1.807) is 11.3 Å². The number of hydrogen-bond acceptors (Lipinski definition) is 6. The molecule has 2 aromatic carbocycles. The first-order chi connectivity index (χ1) is 18.1. The monoisotopic (exact) mass is 514 g/mol. The van der Waals surface area contributed by atoms with Crippen LogP contribution >= 0.6 is 11.3 Å². The summed E-state index contributed by atoms with van der Waals surface area (Å²) in [7, 11) is 2.19. The maximum absolute atomic E-state index is 13.5. The molecule has 0 radical (unpaired) electrons. The third-order valence-electron chi connectivity index (χ3n) is 7.67. The SMILES string of the molecule is CN1CCN(Cc2ccc(-c3n[nH]c4ccc(NC(=O)C(c5ccsc5)N5CCCC5)cc34)cc2)CC1. The minimum atomic E-state index is -0.249. The van der Waals surface area contributed by atoms with Gasteiger partial charge in [0.15, 0.2) is 0 Å². The Balaban J connectivity index is 1.20. The van der Waals surface area contributed by atoms with E-state index in [1.807, 2.05) is 23.6 Å². The zero-order chi connectivity index (χ0) is 25.2. The Hall–Kier alpha value is -3.04. The van der Waals surface area contributed by atoms with Crippen LogP contribution in [0.3, 0.4) is 0 Å². The number of amides is 1. The van der Waals surface area contributed by atoms with Crippen LogP contribution in [-0.4, -0.2) is 77.1 Å². The van der Waals surface area contributed by atoms with Crippen molar-refractivity contribution >= 4 is 33.8 Å². The van der Waals surface area contributed by atoms with Gasteiger partial charge in [-0.2, -0.15) is 16.4 Å². The molecule has 192 valence electrons. The number of thiophene rings is 1. The number of anilines is 1. The summed E-state index contributed by atoms with van der Waals surface area (Å²) in [5.74, 6) is 0.0259. The van der Waals surface area contributed by atoms with Crippen LogP contribution in [0.5, 0.6) is 0 Å². The highest BCUT2D eigenvalue weighted by molar-refractivity contribution is 7.08. The largest absolute Gasteiger partial charge is 0.324 e. The Kier molecular flexibility index (Phi) is 7.06. The Labute approximate surface area is 222 Å². The van der Waals surface area contributed by atoms with E-state index in [9.17, 15) is 4.79 Å². The van der Waals surface area contributed by atoms with Crippen molar-refractivity contribution in [2.45, 2.75) is 25.4 Å². The summed E-state index contributed by atoms with van der Waals surface area (Å²) in [6.07, 6.45) is 2.29. The van der Waals surface area contributed by atoms with Crippen LogP contribution in [0.1, 0.15) is 30.0 Å². The van der Waals surface area contributed by atoms with E-state index in [2.05, 4.69) is 73.0 Å². The molecule has 2 fully saturated rings. The van der Waals surface area contributed by atoms with Gasteiger partial charge in [-0.25, -0.2) is 0 Å². The van der Waals surface area contributed by atoms with Crippen molar-refractivity contribution in [1.29, 1.82) is 0 Å². The number of H-pyrrole nitrogens is 1. The van der Waals surface area contributed by atoms with Crippen LogP contribution in [0.2, 0.25) is 0 Å². The Bertz CT molecular complexity index is 1330. The molecule has 2 aliphatic heterocycles. The zero-order valence-electron chi connectivity index (χ0n) is 21.3. The number of nitrogens with one attached hydrogen (secondary N) is 2. The minimum absolute atomic E-state index is 0.0259. The lowest BCUT2D eigenvalue weighted by Crippen LogP contribution is -2.43. The third-order valence-corrected chi connectivity index (χ3v) is 8.37. The first-order valence-electron chi connectivity index (χ1n) is 13.2. The van der Waals surface area contributed by atoms with E-state index in [1.165, 1.54) is 5.56 Å². The molecule has 1 amide bonds. The number of fused-ring (bicyclic) bond motifs is 1. The van der Waals surface area contributed by atoms with E-state index in [-0.39, 0.29) is 11.9 Å². The first kappa shape index (κ1) is 24.3. The number of hydrogen-bond donors (Lipinski definition) is 2. The lowest BCUT2D eigenvalue weighted by atomic mass is 10.0. The fourth-order valence-corrected chi connectivity index (χ4v) is 6.19. The normalized spacial score (nSPS) is 18.4. The summed E-state index contributed by atoms with van der Waals surface area (Å²) >= 11 is 1.64. The van der Waals surface area contributed by atoms with Gasteiger partial charge in [0.2, 0.25) is 5.91 Å². The summed E-state index contributed by atoms with van der Waals surface area (Å²) in [6.45, 7) is 7.38. The molecule has 2 aromatic heterocycles. The number of aromatic nitrogens is 2. The summed E-state index contributed by atoms with van der Waals surface area (Å²) in [6, 6.07) is 16.5. The summed E-state index contributed by atoms with van der Waals surface area (Å²) in [5.41, 5.74) is 6.14. The van der Waals surface area contributed by atoms with Crippen molar-refractivity contribution in [3.8, 4) is 11.3 Å². The Morgan fingerprint density at radius 1 is 1.03 bits per heavy atom. The van der Waals surface area contributed by atoms with Gasteiger partial charge in [-0.15, -0.1) is 0 Å². The van der Waals surface area contributed by atoms with Gasteiger partial charge >= 0.3 is 0 Å². The maximum atomic E-state index is 13.5. The minimum Gasteiger partial charge on any atom is -0.324 e. The Morgan fingerprint density at radius 2 is 1.81 bits per heavy atom. The number of benzene rings is 2. The second-order valence-electron chi connectivity index (χ2n) is 10.3. The summed E-state index contributed by atoms with van der Waals surface area (Å²) in [5, 5.41) is 16.1. The first-order valence-corrected chi connectivity index (χ1v) is 14.1. The summed E-state index contributed by atoms with van der Waals surface area (Å²) < 4.78 is 0. The van der Waals surface area contributed by atoms with Gasteiger partial charge in [-0.3, -0.25) is 19.7 Å². The van der Waals surface area contributed by atoms with E-state index < -0.39 is 0 Å². The fourth-order valence-electron chi connectivity index (χ4n) is 5.51. The molecule has 0 bridgehead atoms. The van der Waals surface area contributed by atoms with Gasteiger partial charge < -0.3 is 10.2 Å². The number of rotatable bonds is 7. The predicted octanol–water partition coefficient (Wildman–Crippen LogP) is 4.81. The van der Waals surface area contributed by atoms with Gasteiger partial charge in [0, 0.05) is 49.4 Å². The number of carbonyl (C=O) groups excluding carboxylic acids is 1. The number of nitrogens with zero attached hydrogens (tertiary/aromatic N) is 4. The van der Waals surface area contributed by atoms with Crippen molar-refractivity contribution in [2.24, 2.45) is 0 Å². The highest BCUT2D eigenvalue weighted by Gasteiger charge is 2.30. The van der Waals surface area contributed by atoms with Crippen LogP contribution in [0, 0.1) is 0 Å². The van der Waals surface area contributed by atoms with Crippen LogP contribution in [0.25, 0.3) is 22.2 Å². The van der Waals surface area contributed by atoms with E-state index in [0.717, 1.165) is 92.1 Å². The number of carbonyl (C=O) groups is 1. The number of likely N-dealkylation sites (tertiary alicyclic amines) is 1. The average Bonchev–Trinajstić information content (AvgIpc) is 3.69. The van der Waals surface area contributed by atoms with Gasteiger partial charge in [0.25, 0.3) is 0 Å². The van der Waals surface area contributed by atoms with E-state index in [4.69, 9.17) is 0 Å². The fraction of sp³-hybridized carbons (Fsp3) is 0.379. The van der Waals surface area contributed by atoms with Gasteiger partial charge in [0.1, 0.15) is 6.04 Å². The second kappa shape index (κ2) is 10.8. The molecule has 4 aromatic rings. The Morgan fingerprint density at radius 3 is 2.54 bits per heavy atom. The molecular formula is C29H34N6OS. The molecule has 0 aliphatic carbocycles. The lowest BCUT2D eigenvalue weighted by Gasteiger charge is -2.32. The van der Waals surface area contributed by atoms with Crippen LogP contribution in [0.4, 0.5) is 5.69 Å². The van der Waals surface area contributed by atoms with Crippen molar-refractivity contribution in [3.63, 3.8) is 0 Å². The van der Waals surface area contributed by atoms with Crippen LogP contribution in [0.15, 0.2) is 59.3 Å². The second-order valence-corrected chi connectivity index (χ2v) is 11.1. The predicted molar refractivity (Wildman–Crippen MR) is 151 cm³/mol. The smallest absolute Gasteiger partial charge is 0.246 e. The summed E-state index contributed by atoms with van der Waals surface area (Å²) in [4.78, 5) is 20.7. The zero-order valence-corrected chi connectivity index (χ0v) is 22.1. The van der Waals surface area contributed by atoms with E-state index >= 15 is 0 Å². The van der Waals surface area contributed by atoms with Crippen molar-refractivity contribution < 1.29 is 4.79 Å².